The number of amides is 2. The van der Waals surface area contributed by atoms with Crippen LogP contribution in [-0.4, -0.2) is 97.4 Å². The van der Waals surface area contributed by atoms with Crippen molar-refractivity contribution in [3.8, 4) is 11.4 Å². The number of rotatable bonds is 14. The number of aromatic nitrogens is 3. The number of imidazole rings is 1. The Morgan fingerprint density at radius 2 is 1.60 bits per heavy atom. The van der Waals surface area contributed by atoms with Crippen LogP contribution in [-0.2, 0) is 15.9 Å². The average molecular weight is 674 g/mol. The quantitative estimate of drug-likeness (QED) is 0.163. The zero-order valence-electron chi connectivity index (χ0n) is 27.8. The zero-order valence-corrected chi connectivity index (χ0v) is 28.6. The summed E-state index contributed by atoms with van der Waals surface area (Å²) in [5.74, 6) is 2.11. The summed E-state index contributed by atoms with van der Waals surface area (Å²) in [6.07, 6.45) is 5.01. The molecule has 11 nitrogen and oxygen atoms in total. The summed E-state index contributed by atoms with van der Waals surface area (Å²) >= 11 is 1.50. The molecule has 12 heteroatoms. The van der Waals surface area contributed by atoms with Gasteiger partial charge in [-0.15, -0.1) is 0 Å². The van der Waals surface area contributed by atoms with Crippen molar-refractivity contribution in [1.29, 1.82) is 0 Å². The second-order valence-electron chi connectivity index (χ2n) is 12.5. The van der Waals surface area contributed by atoms with Gasteiger partial charge in [0, 0.05) is 50.4 Å². The molecular weight excluding hydrogens is 627 g/mol. The van der Waals surface area contributed by atoms with Crippen LogP contribution in [0.25, 0.3) is 22.4 Å². The van der Waals surface area contributed by atoms with Gasteiger partial charge in [-0.3, -0.25) is 9.59 Å². The molecule has 256 valence electrons. The first-order valence-corrected chi connectivity index (χ1v) is 18.1. The third-order valence-corrected chi connectivity index (χ3v) is 10.6. The molecule has 48 heavy (non-hydrogen) atoms. The van der Waals surface area contributed by atoms with Crippen LogP contribution in [0, 0.1) is 11.8 Å². The molecule has 2 aliphatic heterocycles. The van der Waals surface area contributed by atoms with Crippen LogP contribution in [0.1, 0.15) is 58.3 Å². The molecule has 2 aromatic carbocycles. The number of ether oxygens (including phenoxy) is 2. The monoisotopic (exact) mass is 673 g/mol. The van der Waals surface area contributed by atoms with Gasteiger partial charge in [-0.2, -0.15) is 0 Å². The molecule has 2 amide bonds. The summed E-state index contributed by atoms with van der Waals surface area (Å²) in [6.45, 7) is 8.40. The normalized spacial score (nSPS) is 16.1. The predicted octanol–water partition coefficient (Wildman–Crippen LogP) is 4.74. The molecule has 2 aromatic heterocycles. The van der Waals surface area contributed by atoms with E-state index in [4.69, 9.17) is 20.2 Å². The highest BCUT2D eigenvalue weighted by molar-refractivity contribution is 7.17. The van der Waals surface area contributed by atoms with Crippen LogP contribution in [0.5, 0.6) is 0 Å². The van der Waals surface area contributed by atoms with E-state index in [1.807, 2.05) is 60.4 Å². The number of aromatic amines is 1. The first kappa shape index (κ1) is 34.0. The molecule has 6 rings (SSSR count). The number of nitrogens with one attached hydrogen (secondary N) is 2. The standard InChI is InChI=1S/C36H47N7O4S/c1-2-29-32(34(44)38-16-22-47-24-23-46-21-15-37)48-36(41-29)43-19-13-26(14-20-43)25-11-17-42(18-12-25)35(45)28-9-7-27(8-10-28)33-39-30-5-3-4-6-31(30)40-33/h3-10,25-26H,2,11-24,37H2,1H3,(H,38,44)(H,39,40). The molecule has 0 atom stereocenters. The van der Waals surface area contributed by atoms with Crippen molar-refractivity contribution in [3.05, 3.63) is 64.7 Å². The van der Waals surface area contributed by atoms with Gasteiger partial charge in [0.05, 0.1) is 43.2 Å². The summed E-state index contributed by atoms with van der Waals surface area (Å²) in [5.41, 5.74) is 9.89. The maximum atomic E-state index is 13.4. The lowest BCUT2D eigenvalue weighted by molar-refractivity contribution is 0.0511. The van der Waals surface area contributed by atoms with E-state index in [1.165, 1.54) is 11.3 Å². The van der Waals surface area contributed by atoms with Crippen molar-refractivity contribution in [2.75, 3.05) is 70.6 Å². The Kier molecular flexibility index (Phi) is 11.7. The summed E-state index contributed by atoms with van der Waals surface area (Å²) in [5, 5.41) is 3.91. The molecule has 2 saturated heterocycles. The Balaban J connectivity index is 0.938. The van der Waals surface area contributed by atoms with Crippen LogP contribution in [0.15, 0.2) is 48.5 Å². The molecule has 2 aliphatic rings. The predicted molar refractivity (Wildman–Crippen MR) is 190 cm³/mol. The van der Waals surface area contributed by atoms with Gasteiger partial charge in [-0.1, -0.05) is 42.5 Å². The minimum atomic E-state index is -0.0862. The van der Waals surface area contributed by atoms with Gasteiger partial charge in [-0.05, 0) is 68.2 Å². The van der Waals surface area contributed by atoms with E-state index in [2.05, 4.69) is 20.2 Å². The van der Waals surface area contributed by atoms with Gasteiger partial charge in [0.2, 0.25) is 0 Å². The molecule has 0 radical (unpaired) electrons. The molecule has 4 N–H and O–H groups in total. The van der Waals surface area contributed by atoms with E-state index in [-0.39, 0.29) is 11.8 Å². The van der Waals surface area contributed by atoms with Crippen LogP contribution in [0.4, 0.5) is 5.13 Å². The van der Waals surface area contributed by atoms with Gasteiger partial charge in [0.15, 0.2) is 5.13 Å². The highest BCUT2D eigenvalue weighted by atomic mass is 32.1. The number of carbonyl (C=O) groups is 2. The van der Waals surface area contributed by atoms with E-state index >= 15 is 0 Å². The van der Waals surface area contributed by atoms with Crippen molar-refractivity contribution in [1.82, 2.24) is 25.2 Å². The summed E-state index contributed by atoms with van der Waals surface area (Å²) in [7, 11) is 0. The molecule has 0 unspecified atom stereocenters. The highest BCUT2D eigenvalue weighted by Gasteiger charge is 2.32. The lowest BCUT2D eigenvalue weighted by Gasteiger charge is -2.40. The number of H-pyrrole nitrogens is 1. The number of piperidine rings is 2. The lowest BCUT2D eigenvalue weighted by Crippen LogP contribution is -2.42. The van der Waals surface area contributed by atoms with Crippen molar-refractivity contribution < 1.29 is 19.1 Å². The number of anilines is 1. The van der Waals surface area contributed by atoms with Gasteiger partial charge in [0.25, 0.3) is 11.8 Å². The average Bonchev–Trinajstić information content (AvgIpc) is 3.78. The number of nitrogens with two attached hydrogens (primary N) is 1. The zero-order chi connectivity index (χ0) is 33.3. The van der Waals surface area contributed by atoms with E-state index in [0.29, 0.717) is 62.7 Å². The van der Waals surface area contributed by atoms with Crippen molar-refractivity contribution >= 4 is 39.3 Å². The number of hydrogen-bond donors (Lipinski definition) is 3. The highest BCUT2D eigenvalue weighted by Crippen LogP contribution is 2.36. The second kappa shape index (κ2) is 16.5. The molecular formula is C36H47N7O4S. The third kappa shape index (κ3) is 8.23. The molecule has 4 heterocycles. The second-order valence-corrected chi connectivity index (χ2v) is 13.5. The van der Waals surface area contributed by atoms with Crippen molar-refractivity contribution in [2.45, 2.75) is 39.0 Å². The van der Waals surface area contributed by atoms with E-state index < -0.39 is 0 Å². The van der Waals surface area contributed by atoms with Crippen LogP contribution in [0.3, 0.4) is 0 Å². The molecule has 0 bridgehead atoms. The van der Waals surface area contributed by atoms with Gasteiger partial charge in [0.1, 0.15) is 10.7 Å². The fourth-order valence-corrected chi connectivity index (χ4v) is 7.92. The summed E-state index contributed by atoms with van der Waals surface area (Å²) in [4.78, 5) is 44.2. The Labute approximate surface area is 286 Å². The largest absolute Gasteiger partial charge is 0.378 e. The summed E-state index contributed by atoms with van der Waals surface area (Å²) < 4.78 is 10.8. The summed E-state index contributed by atoms with van der Waals surface area (Å²) in [6, 6.07) is 15.8. The van der Waals surface area contributed by atoms with Crippen molar-refractivity contribution in [2.24, 2.45) is 17.6 Å². The van der Waals surface area contributed by atoms with E-state index in [0.717, 1.165) is 90.7 Å². The number of carbonyl (C=O) groups excluding carboxylic acids is 2. The van der Waals surface area contributed by atoms with Gasteiger partial charge >= 0.3 is 0 Å². The topological polar surface area (TPSA) is 139 Å². The van der Waals surface area contributed by atoms with E-state index in [1.54, 1.807) is 0 Å². The fourth-order valence-electron chi connectivity index (χ4n) is 6.79. The maximum absolute atomic E-state index is 13.4. The molecule has 0 aliphatic carbocycles. The van der Waals surface area contributed by atoms with Crippen LogP contribution < -0.4 is 16.0 Å². The number of benzene rings is 2. The Bertz CT molecular complexity index is 1610. The Morgan fingerprint density at radius 3 is 2.29 bits per heavy atom. The van der Waals surface area contributed by atoms with Gasteiger partial charge < -0.3 is 35.3 Å². The third-order valence-electron chi connectivity index (χ3n) is 9.49. The van der Waals surface area contributed by atoms with Crippen LogP contribution in [0.2, 0.25) is 0 Å². The number of nitrogens with zero attached hydrogens (tertiary/aromatic N) is 4. The Morgan fingerprint density at radius 1 is 0.917 bits per heavy atom. The van der Waals surface area contributed by atoms with Crippen LogP contribution >= 0.6 is 11.3 Å². The first-order chi connectivity index (χ1) is 23.5. The SMILES string of the molecule is CCc1nc(N2CCC(C3CCN(C(=O)c4ccc(-c5nc6ccccc6[nH]5)cc4)CC3)CC2)sc1C(=O)NCCOCCOCCN. The number of fused-ring (bicyclic) bond motifs is 1. The maximum Gasteiger partial charge on any atom is 0.263 e. The molecule has 4 aromatic rings. The fraction of sp³-hybridized carbons (Fsp3) is 0.500. The number of thiazole rings is 1. The number of para-hydroxylation sites is 2. The molecule has 2 fully saturated rings. The molecule has 0 saturated carbocycles. The smallest absolute Gasteiger partial charge is 0.263 e. The molecule has 0 spiro atoms. The van der Waals surface area contributed by atoms with E-state index in [9.17, 15) is 9.59 Å². The number of likely N-dealkylation sites (tertiary alicyclic amines) is 1. The lowest BCUT2D eigenvalue weighted by atomic mass is 9.79. The minimum Gasteiger partial charge on any atom is -0.378 e. The van der Waals surface area contributed by atoms with Crippen molar-refractivity contribution in [3.63, 3.8) is 0 Å². The van der Waals surface area contributed by atoms with Gasteiger partial charge in [-0.25, -0.2) is 9.97 Å². The number of hydrogen-bond acceptors (Lipinski definition) is 9. The Hall–Kier alpha value is -3.84. The number of aryl methyl sites for hydroxylation is 1. The first-order valence-electron chi connectivity index (χ1n) is 17.3. The minimum absolute atomic E-state index is 0.0862.